The molecule has 1 aromatic heterocycles. The summed E-state index contributed by atoms with van der Waals surface area (Å²) in [5.41, 5.74) is 2.79. The Morgan fingerprint density at radius 3 is 2.50 bits per heavy atom. The fourth-order valence-electron chi connectivity index (χ4n) is 4.05. The number of carbonyl (C=O) groups is 1. The Labute approximate surface area is 172 Å². The van der Waals surface area contributed by atoms with Gasteiger partial charge in [0.15, 0.2) is 0 Å². The lowest BCUT2D eigenvalue weighted by atomic mass is 10.1. The number of carbonyl (C=O) groups excluding carboxylic acids is 1. The lowest BCUT2D eigenvalue weighted by Gasteiger charge is -2.26. The zero-order chi connectivity index (χ0) is 21.5. The van der Waals surface area contributed by atoms with Gasteiger partial charge in [0.2, 0.25) is 0 Å². The van der Waals surface area contributed by atoms with E-state index in [2.05, 4.69) is 5.43 Å². The molecule has 1 N–H and O–H groups in total. The number of alkyl halides is 3. The molecule has 162 valence electrons. The van der Waals surface area contributed by atoms with Crippen molar-refractivity contribution in [3.8, 4) is 11.3 Å². The normalized spacial score (nSPS) is 17.9. The van der Waals surface area contributed by atoms with Crippen LogP contribution in [0.2, 0.25) is 0 Å². The van der Waals surface area contributed by atoms with Gasteiger partial charge < -0.3 is 4.57 Å². The monoisotopic (exact) mass is 423 g/mol. The molecule has 2 aromatic rings. The van der Waals surface area contributed by atoms with Gasteiger partial charge in [-0.15, -0.1) is 0 Å². The molecule has 4 nitrogen and oxygen atoms in total. The molecule has 4 rings (SSSR count). The molecule has 2 heterocycles. The average Bonchev–Trinajstić information content (AvgIpc) is 3.46. The van der Waals surface area contributed by atoms with E-state index >= 15 is 0 Å². The molecule has 1 aromatic carbocycles. The van der Waals surface area contributed by atoms with Crippen LogP contribution in [-0.2, 0) is 12.7 Å². The molecule has 0 radical (unpaired) electrons. The minimum atomic E-state index is -4.78. The summed E-state index contributed by atoms with van der Waals surface area (Å²) in [5.74, 6) is -1.21. The van der Waals surface area contributed by atoms with E-state index in [1.807, 2.05) is 5.01 Å². The topological polar surface area (TPSA) is 37.3 Å². The van der Waals surface area contributed by atoms with Crippen molar-refractivity contribution in [3.63, 3.8) is 0 Å². The van der Waals surface area contributed by atoms with Crippen LogP contribution in [0.1, 0.15) is 53.7 Å². The fourth-order valence-corrected chi connectivity index (χ4v) is 4.05. The molecule has 0 atom stereocenters. The van der Waals surface area contributed by atoms with Crippen molar-refractivity contribution in [1.29, 1.82) is 0 Å². The minimum Gasteiger partial charge on any atom is -0.344 e. The van der Waals surface area contributed by atoms with Crippen LogP contribution < -0.4 is 5.43 Å². The van der Waals surface area contributed by atoms with Crippen molar-refractivity contribution in [2.24, 2.45) is 5.92 Å². The van der Waals surface area contributed by atoms with Crippen molar-refractivity contribution < 1.29 is 22.4 Å². The van der Waals surface area contributed by atoms with E-state index in [1.165, 1.54) is 18.2 Å². The van der Waals surface area contributed by atoms with Crippen LogP contribution >= 0.6 is 0 Å². The number of piperidine rings is 1. The molecule has 0 unspecified atom stereocenters. The van der Waals surface area contributed by atoms with Crippen molar-refractivity contribution >= 4 is 5.91 Å². The number of rotatable bonds is 5. The third-order valence-electron chi connectivity index (χ3n) is 5.94. The zero-order valence-corrected chi connectivity index (χ0v) is 16.9. The summed E-state index contributed by atoms with van der Waals surface area (Å²) < 4.78 is 56.3. The van der Waals surface area contributed by atoms with E-state index < -0.39 is 17.6 Å². The molecular weight excluding hydrogens is 398 g/mol. The van der Waals surface area contributed by atoms with Gasteiger partial charge in [-0.3, -0.25) is 10.2 Å². The molecule has 0 spiro atoms. The van der Waals surface area contributed by atoms with E-state index in [9.17, 15) is 22.4 Å². The second-order valence-electron chi connectivity index (χ2n) is 8.24. The molecule has 2 fully saturated rings. The van der Waals surface area contributed by atoms with Gasteiger partial charge in [-0.25, -0.2) is 9.40 Å². The smallest absolute Gasteiger partial charge is 0.344 e. The third-order valence-corrected chi connectivity index (χ3v) is 5.94. The third kappa shape index (κ3) is 4.24. The summed E-state index contributed by atoms with van der Waals surface area (Å²) in [6.45, 7) is 3.86. The lowest BCUT2D eigenvalue weighted by molar-refractivity contribution is -0.139. The Morgan fingerprint density at radius 2 is 1.87 bits per heavy atom. The maximum Gasteiger partial charge on any atom is 0.419 e. The Bertz CT molecular complexity index is 941. The highest BCUT2D eigenvalue weighted by Gasteiger charge is 2.36. The van der Waals surface area contributed by atoms with Crippen molar-refractivity contribution in [2.75, 3.05) is 13.1 Å². The highest BCUT2D eigenvalue weighted by molar-refractivity contribution is 5.96. The van der Waals surface area contributed by atoms with Crippen LogP contribution in [0.15, 0.2) is 24.3 Å². The zero-order valence-electron chi connectivity index (χ0n) is 16.9. The van der Waals surface area contributed by atoms with Crippen LogP contribution in [-0.4, -0.2) is 28.6 Å². The second kappa shape index (κ2) is 8.06. The van der Waals surface area contributed by atoms with Crippen LogP contribution in [0.3, 0.4) is 0 Å². The predicted octanol–water partition coefficient (Wildman–Crippen LogP) is 5.16. The van der Waals surface area contributed by atoms with Gasteiger partial charge in [-0.05, 0) is 56.7 Å². The largest absolute Gasteiger partial charge is 0.419 e. The van der Waals surface area contributed by atoms with E-state index in [0.717, 1.165) is 51.3 Å². The Morgan fingerprint density at radius 1 is 1.17 bits per heavy atom. The molecule has 1 saturated heterocycles. The first-order chi connectivity index (χ1) is 14.3. The second-order valence-corrected chi connectivity index (χ2v) is 8.24. The number of hydrazine groups is 1. The van der Waals surface area contributed by atoms with Gasteiger partial charge in [0.25, 0.3) is 5.91 Å². The summed E-state index contributed by atoms with van der Waals surface area (Å²) in [4.78, 5) is 12.9. The van der Waals surface area contributed by atoms with Gasteiger partial charge in [0.1, 0.15) is 5.82 Å². The molecule has 30 heavy (non-hydrogen) atoms. The maximum atomic E-state index is 14.9. The first-order valence-electron chi connectivity index (χ1n) is 10.4. The number of nitrogens with zero attached hydrogens (tertiary/aromatic N) is 2. The molecule has 2 aliphatic rings. The van der Waals surface area contributed by atoms with E-state index in [0.29, 0.717) is 29.4 Å². The molecular formula is C22H25F4N3O. The number of nitrogens with one attached hydrogen (secondary N) is 1. The maximum absolute atomic E-state index is 14.9. The molecule has 1 amide bonds. The first-order valence-corrected chi connectivity index (χ1v) is 10.4. The highest BCUT2D eigenvalue weighted by Crippen LogP contribution is 2.39. The molecule has 1 aliphatic carbocycles. The van der Waals surface area contributed by atoms with Crippen LogP contribution in [0, 0.1) is 18.7 Å². The molecule has 1 aliphatic heterocycles. The highest BCUT2D eigenvalue weighted by atomic mass is 19.4. The Kier molecular flexibility index (Phi) is 5.61. The predicted molar refractivity (Wildman–Crippen MR) is 105 cm³/mol. The molecule has 0 bridgehead atoms. The number of halogens is 4. The Hall–Kier alpha value is -2.35. The average molecular weight is 423 g/mol. The number of hydrogen-bond donors (Lipinski definition) is 1. The quantitative estimate of drug-likeness (QED) is 0.675. The summed E-state index contributed by atoms with van der Waals surface area (Å²) in [6.07, 6.45) is 0.403. The van der Waals surface area contributed by atoms with Crippen LogP contribution in [0.4, 0.5) is 17.6 Å². The van der Waals surface area contributed by atoms with Crippen molar-refractivity contribution in [3.05, 3.63) is 46.9 Å². The number of amides is 1. The van der Waals surface area contributed by atoms with E-state index in [4.69, 9.17) is 0 Å². The summed E-state index contributed by atoms with van der Waals surface area (Å²) in [7, 11) is 0. The van der Waals surface area contributed by atoms with Gasteiger partial charge >= 0.3 is 6.18 Å². The summed E-state index contributed by atoms with van der Waals surface area (Å²) in [5, 5.41) is 1.87. The SMILES string of the molecule is Cc1c(C(=O)NN2CCCCC2)cc(-c2cccc(C(F)(F)F)c2F)n1CC1CC1. The van der Waals surface area contributed by atoms with Gasteiger partial charge in [0.05, 0.1) is 16.8 Å². The van der Waals surface area contributed by atoms with Gasteiger partial charge in [-0.1, -0.05) is 12.5 Å². The van der Waals surface area contributed by atoms with Crippen molar-refractivity contribution in [2.45, 2.75) is 51.7 Å². The lowest BCUT2D eigenvalue weighted by Crippen LogP contribution is -2.45. The van der Waals surface area contributed by atoms with Crippen LogP contribution in [0.5, 0.6) is 0 Å². The summed E-state index contributed by atoms with van der Waals surface area (Å²) in [6, 6.07) is 4.81. The van der Waals surface area contributed by atoms with Crippen LogP contribution in [0.25, 0.3) is 11.3 Å². The number of aromatic nitrogens is 1. The van der Waals surface area contributed by atoms with Crippen molar-refractivity contribution in [1.82, 2.24) is 15.0 Å². The first kappa shape index (κ1) is 20.9. The van der Waals surface area contributed by atoms with E-state index in [1.54, 1.807) is 11.5 Å². The standard InChI is InChI=1S/C22H25F4N3O/c1-14-17(21(30)27-28-10-3-2-4-11-28)12-19(29(14)13-15-8-9-15)16-6-5-7-18(20(16)23)22(24,25)26/h5-7,12,15H,2-4,8-11,13H2,1H3,(H,27,30). The number of benzene rings is 1. The number of hydrogen-bond acceptors (Lipinski definition) is 2. The molecule has 1 saturated carbocycles. The van der Waals surface area contributed by atoms with E-state index in [-0.39, 0.29) is 11.5 Å². The van der Waals surface area contributed by atoms with Gasteiger partial charge in [-0.2, -0.15) is 13.2 Å². The fraction of sp³-hybridized carbons (Fsp3) is 0.500. The summed E-state index contributed by atoms with van der Waals surface area (Å²) >= 11 is 0. The van der Waals surface area contributed by atoms with Gasteiger partial charge in [0, 0.05) is 30.9 Å². The molecule has 8 heteroatoms. The Balaban J connectivity index is 1.72. The minimum absolute atomic E-state index is 0.134.